The molecule has 3 aromatic heterocycles. The smallest absolute Gasteiger partial charge is 0.238 e. The van der Waals surface area contributed by atoms with Crippen LogP contribution in [0.15, 0.2) is 176 Å². The van der Waals surface area contributed by atoms with Crippen molar-refractivity contribution in [2.24, 2.45) is 0 Å². The summed E-state index contributed by atoms with van der Waals surface area (Å²) in [7, 11) is 0. The van der Waals surface area contributed by atoms with E-state index < -0.39 is 5.41 Å². The van der Waals surface area contributed by atoms with Crippen molar-refractivity contribution < 1.29 is 0 Å². The summed E-state index contributed by atoms with van der Waals surface area (Å²) in [6.45, 7) is 2.31. The summed E-state index contributed by atoms with van der Waals surface area (Å²) in [5.74, 6) is 1.87. The number of hydrogen-bond donors (Lipinski definition) is 0. The van der Waals surface area contributed by atoms with Gasteiger partial charge in [-0.3, -0.25) is 4.57 Å². The summed E-state index contributed by atoms with van der Waals surface area (Å²) < 4.78 is 4.61. The van der Waals surface area contributed by atoms with E-state index in [0.717, 1.165) is 38.5 Å². The van der Waals surface area contributed by atoms with E-state index in [-0.39, 0.29) is 0 Å². The lowest BCUT2D eigenvalue weighted by Gasteiger charge is -2.33. The van der Waals surface area contributed by atoms with E-state index in [0.29, 0.717) is 17.6 Å². The highest BCUT2D eigenvalue weighted by molar-refractivity contribution is 7.26. The van der Waals surface area contributed by atoms with Crippen LogP contribution in [-0.4, -0.2) is 19.5 Å². The van der Waals surface area contributed by atoms with Gasteiger partial charge in [-0.05, 0) is 47.9 Å². The van der Waals surface area contributed by atoms with Crippen LogP contribution in [0.4, 0.5) is 0 Å². The molecule has 0 aliphatic carbocycles. The van der Waals surface area contributed by atoms with Gasteiger partial charge in [-0.25, -0.2) is 4.98 Å². The van der Waals surface area contributed by atoms with Crippen molar-refractivity contribution in [2.45, 2.75) is 12.3 Å². The fourth-order valence-corrected chi connectivity index (χ4v) is 9.11. The molecule has 0 N–H and O–H groups in total. The molecule has 0 saturated carbocycles. The largest absolute Gasteiger partial charge is 0.278 e. The lowest BCUT2D eigenvalue weighted by Crippen LogP contribution is -2.26. The highest BCUT2D eigenvalue weighted by Crippen LogP contribution is 2.44. The number of thiophene rings is 1. The Morgan fingerprint density at radius 2 is 0.942 bits per heavy atom. The van der Waals surface area contributed by atoms with Crippen LogP contribution in [0.25, 0.3) is 70.7 Å². The van der Waals surface area contributed by atoms with Gasteiger partial charge in [-0.2, -0.15) is 9.97 Å². The molecule has 4 nitrogen and oxygen atoms in total. The Morgan fingerprint density at radius 3 is 1.62 bits per heavy atom. The van der Waals surface area contributed by atoms with Gasteiger partial charge < -0.3 is 0 Å². The summed E-state index contributed by atoms with van der Waals surface area (Å²) in [6.07, 6.45) is 0. The Kier molecular flexibility index (Phi) is 7.08. The molecule has 5 heteroatoms. The molecule has 0 amide bonds. The number of para-hydroxylation sites is 2. The molecule has 246 valence electrons. The highest BCUT2D eigenvalue weighted by atomic mass is 32.1. The van der Waals surface area contributed by atoms with Crippen molar-refractivity contribution in [1.82, 2.24) is 19.5 Å². The van der Waals surface area contributed by atoms with Crippen molar-refractivity contribution in [2.75, 3.05) is 0 Å². The zero-order valence-electron chi connectivity index (χ0n) is 28.4. The summed E-state index contributed by atoms with van der Waals surface area (Å²) in [6, 6.07) is 62.2. The maximum absolute atomic E-state index is 5.40. The predicted molar refractivity (Wildman–Crippen MR) is 216 cm³/mol. The summed E-state index contributed by atoms with van der Waals surface area (Å²) in [4.78, 5) is 16.1. The van der Waals surface area contributed by atoms with Gasteiger partial charge in [0.25, 0.3) is 0 Å². The highest BCUT2D eigenvalue weighted by Gasteiger charge is 2.34. The summed E-state index contributed by atoms with van der Waals surface area (Å²) in [5, 5.41) is 4.77. The minimum Gasteiger partial charge on any atom is -0.278 e. The molecule has 0 fully saturated rings. The second-order valence-corrected chi connectivity index (χ2v) is 14.4. The standard InChI is InChI=1S/C47H32N4S/c1-47(31-17-4-2-5-18-31,32-19-6-3-7-20-32)39-27-12-8-24-37(39)44-48-45(38-26-16-25-36-35-23-11-15-30-42(35)52-43(36)38)50-46(49-44)51-40-28-13-9-21-33(40)34-22-10-14-29-41(34)51/h2-30H,1H3. The first-order valence-electron chi connectivity index (χ1n) is 17.5. The normalized spacial score (nSPS) is 11.9. The Morgan fingerprint density at radius 1 is 0.442 bits per heavy atom. The first-order valence-corrected chi connectivity index (χ1v) is 18.4. The van der Waals surface area contributed by atoms with Crippen LogP contribution in [-0.2, 0) is 5.41 Å². The quantitative estimate of drug-likeness (QED) is 0.164. The molecular weight excluding hydrogens is 653 g/mol. The van der Waals surface area contributed by atoms with Crippen molar-refractivity contribution in [3.63, 3.8) is 0 Å². The average Bonchev–Trinajstić information content (AvgIpc) is 3.77. The Hall–Kier alpha value is -6.43. The Bertz CT molecular complexity index is 2830. The summed E-state index contributed by atoms with van der Waals surface area (Å²) in [5.41, 5.74) is 7.09. The van der Waals surface area contributed by atoms with Crippen LogP contribution >= 0.6 is 11.3 Å². The SMILES string of the molecule is CC(c1ccccc1)(c1ccccc1)c1ccccc1-c1nc(-c2cccc3c2sc2ccccc23)nc(-n2c3ccccc3c3ccccc32)n1. The molecule has 0 unspecified atom stereocenters. The minimum atomic E-state index is -0.496. The van der Waals surface area contributed by atoms with Gasteiger partial charge in [0, 0.05) is 47.5 Å². The van der Waals surface area contributed by atoms with E-state index in [9.17, 15) is 0 Å². The van der Waals surface area contributed by atoms with Gasteiger partial charge in [0.1, 0.15) is 0 Å². The molecule has 52 heavy (non-hydrogen) atoms. The summed E-state index contributed by atoms with van der Waals surface area (Å²) >= 11 is 1.79. The molecule has 0 spiro atoms. The van der Waals surface area contributed by atoms with Gasteiger partial charge in [-0.1, -0.05) is 152 Å². The van der Waals surface area contributed by atoms with Gasteiger partial charge in [0.15, 0.2) is 11.6 Å². The number of aromatic nitrogens is 4. The molecular formula is C47H32N4S. The molecule has 0 radical (unpaired) electrons. The molecule has 0 bridgehead atoms. The van der Waals surface area contributed by atoms with Gasteiger partial charge in [0.2, 0.25) is 5.95 Å². The number of nitrogens with zero attached hydrogens (tertiary/aromatic N) is 4. The monoisotopic (exact) mass is 684 g/mol. The predicted octanol–water partition coefficient (Wildman–Crippen LogP) is 12.0. The van der Waals surface area contributed by atoms with E-state index in [1.165, 1.54) is 31.3 Å². The molecule has 0 saturated heterocycles. The molecule has 0 aliphatic rings. The fourth-order valence-electron chi connectivity index (χ4n) is 7.90. The first kappa shape index (κ1) is 30.4. The van der Waals surface area contributed by atoms with Crippen molar-refractivity contribution in [1.29, 1.82) is 0 Å². The van der Waals surface area contributed by atoms with Gasteiger partial charge >= 0.3 is 0 Å². The molecule has 7 aromatic carbocycles. The molecule has 0 atom stereocenters. The zero-order valence-corrected chi connectivity index (χ0v) is 29.3. The van der Waals surface area contributed by atoms with Crippen molar-refractivity contribution in [3.05, 3.63) is 193 Å². The van der Waals surface area contributed by atoms with Gasteiger partial charge in [-0.15, -0.1) is 11.3 Å². The van der Waals surface area contributed by atoms with E-state index in [1.54, 1.807) is 11.3 Å². The second-order valence-electron chi connectivity index (χ2n) is 13.3. The van der Waals surface area contributed by atoms with Crippen LogP contribution in [0.2, 0.25) is 0 Å². The van der Waals surface area contributed by atoms with Crippen LogP contribution in [0.5, 0.6) is 0 Å². The first-order chi connectivity index (χ1) is 25.7. The van der Waals surface area contributed by atoms with Crippen LogP contribution in [0, 0.1) is 0 Å². The van der Waals surface area contributed by atoms with Crippen LogP contribution in [0.1, 0.15) is 23.6 Å². The Labute approximate surface area is 305 Å². The number of rotatable bonds is 6. The molecule has 10 rings (SSSR count). The third kappa shape index (κ3) is 4.70. The van der Waals surface area contributed by atoms with Crippen LogP contribution in [0.3, 0.4) is 0 Å². The lowest BCUT2D eigenvalue weighted by molar-refractivity contribution is 0.693. The number of benzene rings is 7. The number of hydrogen-bond acceptors (Lipinski definition) is 4. The molecule has 3 heterocycles. The number of fused-ring (bicyclic) bond motifs is 6. The van der Waals surface area contributed by atoms with Crippen molar-refractivity contribution >= 4 is 53.3 Å². The van der Waals surface area contributed by atoms with E-state index in [4.69, 9.17) is 15.0 Å². The zero-order chi connectivity index (χ0) is 34.6. The fraction of sp³-hybridized carbons (Fsp3) is 0.0426. The van der Waals surface area contributed by atoms with Crippen LogP contribution < -0.4 is 0 Å². The third-order valence-corrected chi connectivity index (χ3v) is 11.7. The average molecular weight is 685 g/mol. The topological polar surface area (TPSA) is 43.6 Å². The van der Waals surface area contributed by atoms with E-state index in [1.807, 2.05) is 0 Å². The van der Waals surface area contributed by atoms with Crippen molar-refractivity contribution in [3.8, 4) is 28.7 Å². The lowest BCUT2D eigenvalue weighted by atomic mass is 9.69. The third-order valence-electron chi connectivity index (χ3n) is 10.5. The second kappa shape index (κ2) is 12.1. The molecule has 10 aromatic rings. The maximum Gasteiger partial charge on any atom is 0.238 e. The van der Waals surface area contributed by atoms with E-state index in [2.05, 4.69) is 187 Å². The van der Waals surface area contributed by atoms with E-state index >= 15 is 0 Å². The molecule has 0 aliphatic heterocycles. The van der Waals surface area contributed by atoms with Gasteiger partial charge in [0.05, 0.1) is 11.0 Å². The Balaban J connectivity index is 1.30. The maximum atomic E-state index is 5.40. The minimum absolute atomic E-state index is 0.496.